The summed E-state index contributed by atoms with van der Waals surface area (Å²) >= 11 is 0. The number of benzene rings is 1. The van der Waals surface area contributed by atoms with Crippen LogP contribution in [0, 0.1) is 13.8 Å². The van der Waals surface area contributed by atoms with Crippen molar-refractivity contribution in [3.63, 3.8) is 0 Å². The molecule has 2 aromatic heterocycles. The van der Waals surface area contributed by atoms with Crippen molar-refractivity contribution >= 4 is 11.0 Å². The van der Waals surface area contributed by atoms with Gasteiger partial charge in [-0.25, -0.2) is 15.0 Å². The Morgan fingerprint density at radius 1 is 1.11 bits per heavy atom. The second-order valence-electron chi connectivity index (χ2n) is 4.52. The summed E-state index contributed by atoms with van der Waals surface area (Å²) in [7, 11) is 0. The lowest BCUT2D eigenvalue weighted by Crippen LogP contribution is -1.98. The molecule has 0 atom stereocenters. The molecule has 0 aliphatic heterocycles. The maximum absolute atomic E-state index is 9.17. The number of aliphatic hydroxyl groups is 1. The smallest absolute Gasteiger partial charge is 0.154 e. The molecule has 0 aliphatic carbocycles. The summed E-state index contributed by atoms with van der Waals surface area (Å²) in [6.07, 6.45) is 0. The first-order valence-corrected chi connectivity index (χ1v) is 6.08. The van der Waals surface area contributed by atoms with Crippen molar-refractivity contribution in [2.75, 3.05) is 0 Å². The third-order valence-electron chi connectivity index (χ3n) is 2.94. The van der Waals surface area contributed by atoms with Crippen LogP contribution in [-0.4, -0.2) is 25.0 Å². The number of aryl methyl sites for hydroxylation is 2. The molecule has 5 nitrogen and oxygen atoms in total. The molecule has 3 aromatic rings. The number of imidazole rings is 1. The standard InChI is InChI=1S/C14H14N4O/c1-8-5-12(18-14(7-19)15-8)10-3-4-11-13(6-10)17-9(2)16-11/h3-6,19H,7H2,1-2H3,(H,16,17). The fourth-order valence-corrected chi connectivity index (χ4v) is 2.15. The van der Waals surface area contributed by atoms with Crippen LogP contribution in [0.25, 0.3) is 22.3 Å². The number of hydrogen-bond acceptors (Lipinski definition) is 4. The molecule has 0 amide bonds. The van der Waals surface area contributed by atoms with Crippen LogP contribution in [0.1, 0.15) is 17.3 Å². The molecule has 0 saturated heterocycles. The SMILES string of the molecule is Cc1cc(-c2ccc3nc(C)[nH]c3c2)nc(CO)n1. The van der Waals surface area contributed by atoms with E-state index in [2.05, 4.69) is 19.9 Å². The largest absolute Gasteiger partial charge is 0.388 e. The minimum absolute atomic E-state index is 0.153. The van der Waals surface area contributed by atoms with E-state index in [9.17, 15) is 0 Å². The Labute approximate surface area is 110 Å². The second-order valence-corrected chi connectivity index (χ2v) is 4.52. The molecule has 0 radical (unpaired) electrons. The zero-order valence-electron chi connectivity index (χ0n) is 10.8. The molecule has 3 rings (SSSR count). The molecule has 2 N–H and O–H groups in total. The molecule has 0 saturated carbocycles. The lowest BCUT2D eigenvalue weighted by atomic mass is 10.1. The Morgan fingerprint density at radius 3 is 2.74 bits per heavy atom. The number of fused-ring (bicyclic) bond motifs is 1. The fraction of sp³-hybridized carbons (Fsp3) is 0.214. The van der Waals surface area contributed by atoms with E-state index in [4.69, 9.17) is 5.11 Å². The van der Waals surface area contributed by atoms with Crippen LogP contribution < -0.4 is 0 Å². The van der Waals surface area contributed by atoms with Gasteiger partial charge in [0.2, 0.25) is 0 Å². The molecule has 0 fully saturated rings. The lowest BCUT2D eigenvalue weighted by molar-refractivity contribution is 0.271. The van der Waals surface area contributed by atoms with Gasteiger partial charge in [-0.2, -0.15) is 0 Å². The minimum atomic E-state index is -0.153. The van der Waals surface area contributed by atoms with E-state index in [0.29, 0.717) is 5.82 Å². The van der Waals surface area contributed by atoms with E-state index in [1.165, 1.54) is 0 Å². The van der Waals surface area contributed by atoms with Crippen LogP contribution in [0.5, 0.6) is 0 Å². The first kappa shape index (κ1) is 11.8. The van der Waals surface area contributed by atoms with Gasteiger partial charge < -0.3 is 10.1 Å². The number of aliphatic hydroxyl groups excluding tert-OH is 1. The quantitative estimate of drug-likeness (QED) is 0.734. The summed E-state index contributed by atoms with van der Waals surface area (Å²) in [6, 6.07) is 7.86. The highest BCUT2D eigenvalue weighted by Crippen LogP contribution is 2.22. The molecular formula is C14H14N4O. The van der Waals surface area contributed by atoms with Crippen LogP contribution >= 0.6 is 0 Å². The van der Waals surface area contributed by atoms with Crippen molar-refractivity contribution in [2.24, 2.45) is 0 Å². The van der Waals surface area contributed by atoms with E-state index >= 15 is 0 Å². The molecule has 0 spiro atoms. The average molecular weight is 254 g/mol. The Morgan fingerprint density at radius 2 is 1.95 bits per heavy atom. The summed E-state index contributed by atoms with van der Waals surface area (Å²) in [4.78, 5) is 16.1. The van der Waals surface area contributed by atoms with Gasteiger partial charge in [0.25, 0.3) is 0 Å². The van der Waals surface area contributed by atoms with E-state index in [0.717, 1.165) is 33.8 Å². The van der Waals surface area contributed by atoms with Gasteiger partial charge in [0.05, 0.1) is 16.7 Å². The normalized spacial score (nSPS) is 11.1. The first-order valence-electron chi connectivity index (χ1n) is 6.08. The molecule has 2 heterocycles. The van der Waals surface area contributed by atoms with Crippen molar-refractivity contribution in [1.29, 1.82) is 0 Å². The van der Waals surface area contributed by atoms with E-state index < -0.39 is 0 Å². The van der Waals surface area contributed by atoms with Crippen molar-refractivity contribution in [1.82, 2.24) is 19.9 Å². The lowest BCUT2D eigenvalue weighted by Gasteiger charge is -2.04. The Bertz CT molecular complexity index is 748. The predicted molar refractivity (Wildman–Crippen MR) is 72.5 cm³/mol. The third-order valence-corrected chi connectivity index (χ3v) is 2.94. The average Bonchev–Trinajstić information content (AvgIpc) is 2.76. The van der Waals surface area contributed by atoms with Crippen LogP contribution in [-0.2, 0) is 6.61 Å². The first-order chi connectivity index (χ1) is 9.15. The second kappa shape index (κ2) is 4.44. The van der Waals surface area contributed by atoms with Gasteiger partial charge in [-0.3, -0.25) is 0 Å². The Balaban J connectivity index is 2.15. The van der Waals surface area contributed by atoms with Crippen molar-refractivity contribution < 1.29 is 5.11 Å². The summed E-state index contributed by atoms with van der Waals surface area (Å²) in [5, 5.41) is 9.17. The van der Waals surface area contributed by atoms with Crippen molar-refractivity contribution in [3.05, 3.63) is 41.6 Å². The summed E-state index contributed by atoms with van der Waals surface area (Å²) in [6.45, 7) is 3.67. The summed E-state index contributed by atoms with van der Waals surface area (Å²) in [5.41, 5.74) is 4.56. The van der Waals surface area contributed by atoms with Gasteiger partial charge in [0.15, 0.2) is 5.82 Å². The van der Waals surface area contributed by atoms with E-state index in [1.807, 2.05) is 38.1 Å². The molecule has 19 heavy (non-hydrogen) atoms. The number of hydrogen-bond donors (Lipinski definition) is 2. The number of aromatic nitrogens is 4. The molecule has 0 unspecified atom stereocenters. The van der Waals surface area contributed by atoms with Gasteiger partial charge in [0.1, 0.15) is 12.4 Å². The highest BCUT2D eigenvalue weighted by Gasteiger charge is 2.06. The number of nitrogens with one attached hydrogen (secondary N) is 1. The third kappa shape index (κ3) is 2.20. The summed E-state index contributed by atoms with van der Waals surface area (Å²) < 4.78 is 0. The van der Waals surface area contributed by atoms with Crippen LogP contribution in [0.3, 0.4) is 0 Å². The van der Waals surface area contributed by atoms with Crippen LogP contribution in [0.15, 0.2) is 24.3 Å². The van der Waals surface area contributed by atoms with Gasteiger partial charge in [0, 0.05) is 11.3 Å². The highest BCUT2D eigenvalue weighted by atomic mass is 16.3. The van der Waals surface area contributed by atoms with Gasteiger partial charge in [-0.05, 0) is 32.0 Å². The van der Waals surface area contributed by atoms with Gasteiger partial charge in [-0.1, -0.05) is 6.07 Å². The molecule has 96 valence electrons. The zero-order chi connectivity index (χ0) is 13.4. The highest BCUT2D eigenvalue weighted by molar-refractivity contribution is 5.81. The number of H-pyrrole nitrogens is 1. The maximum atomic E-state index is 9.17. The Hall–Kier alpha value is -2.27. The van der Waals surface area contributed by atoms with E-state index in [1.54, 1.807) is 0 Å². The fourth-order valence-electron chi connectivity index (χ4n) is 2.15. The molecule has 5 heteroatoms. The maximum Gasteiger partial charge on any atom is 0.154 e. The minimum Gasteiger partial charge on any atom is -0.388 e. The summed E-state index contributed by atoms with van der Waals surface area (Å²) in [5.74, 6) is 1.33. The molecule has 0 bridgehead atoms. The zero-order valence-corrected chi connectivity index (χ0v) is 10.8. The van der Waals surface area contributed by atoms with Crippen LogP contribution in [0.2, 0.25) is 0 Å². The van der Waals surface area contributed by atoms with Gasteiger partial charge >= 0.3 is 0 Å². The number of aromatic amines is 1. The number of nitrogens with zero attached hydrogens (tertiary/aromatic N) is 3. The number of rotatable bonds is 2. The van der Waals surface area contributed by atoms with Gasteiger partial charge in [-0.15, -0.1) is 0 Å². The molecule has 1 aromatic carbocycles. The molecular weight excluding hydrogens is 240 g/mol. The topological polar surface area (TPSA) is 74.7 Å². The molecule has 0 aliphatic rings. The van der Waals surface area contributed by atoms with Crippen molar-refractivity contribution in [2.45, 2.75) is 20.5 Å². The van der Waals surface area contributed by atoms with Crippen molar-refractivity contribution in [3.8, 4) is 11.3 Å². The van der Waals surface area contributed by atoms with Crippen LogP contribution in [0.4, 0.5) is 0 Å². The van der Waals surface area contributed by atoms with E-state index in [-0.39, 0.29) is 6.61 Å². The Kier molecular flexibility index (Phi) is 2.76. The monoisotopic (exact) mass is 254 g/mol. The predicted octanol–water partition coefficient (Wildman–Crippen LogP) is 2.13.